The highest BCUT2D eigenvalue weighted by atomic mass is 16.5. The molecule has 3 aliphatic heterocycles. The number of amides is 1. The Morgan fingerprint density at radius 1 is 1.27 bits per heavy atom. The van der Waals surface area contributed by atoms with Crippen molar-refractivity contribution in [2.24, 2.45) is 0 Å². The predicted molar refractivity (Wildman–Crippen MR) is 97.3 cm³/mol. The van der Waals surface area contributed by atoms with Gasteiger partial charge in [-0.3, -0.25) is 4.79 Å². The highest BCUT2D eigenvalue weighted by molar-refractivity contribution is 5.73. The van der Waals surface area contributed by atoms with Crippen LogP contribution in [0.2, 0.25) is 0 Å². The molecular weight excluding hydrogens is 334 g/mol. The molecule has 26 heavy (non-hydrogen) atoms. The smallest absolute Gasteiger partial charge is 0.227 e. The molecule has 0 unspecified atom stereocenters. The minimum Gasteiger partial charge on any atom is -0.389 e. The molecule has 1 aromatic rings. The topological polar surface area (TPSA) is 90.8 Å². The Kier molecular flexibility index (Phi) is 4.95. The number of β-amino-alcohol motifs (C(OH)–C–C–N with tert-alkyl or cyclic N) is 1. The van der Waals surface area contributed by atoms with Crippen LogP contribution in [0.3, 0.4) is 0 Å². The maximum Gasteiger partial charge on any atom is 0.227 e. The second-order valence-corrected chi connectivity index (χ2v) is 7.52. The summed E-state index contributed by atoms with van der Waals surface area (Å²) in [5, 5.41) is 13.1. The number of hydrogen-bond donors (Lipinski definition) is 2. The molecule has 8 heteroatoms. The molecule has 0 bridgehead atoms. The summed E-state index contributed by atoms with van der Waals surface area (Å²) in [5.41, 5.74) is 1.01. The zero-order valence-electron chi connectivity index (χ0n) is 15.2. The molecule has 3 saturated heterocycles. The standard InChI is InChI=1S/C18H27N5O3/c1-12(24)22-5-2-14(3-6-22)19-17-8-16(13-4-7-26-11-13)20-18(21-17)23-9-15(25)10-23/h8,13-15,25H,2-7,9-11H2,1H3,(H,19,20,21)/t13-/m1/s1. The van der Waals surface area contributed by atoms with E-state index in [1.165, 1.54) is 0 Å². The van der Waals surface area contributed by atoms with Crippen LogP contribution < -0.4 is 10.2 Å². The van der Waals surface area contributed by atoms with Gasteiger partial charge in [-0.25, -0.2) is 4.98 Å². The van der Waals surface area contributed by atoms with E-state index in [0.717, 1.165) is 50.5 Å². The first-order chi connectivity index (χ1) is 12.6. The molecule has 4 heterocycles. The molecule has 0 saturated carbocycles. The largest absolute Gasteiger partial charge is 0.389 e. The van der Waals surface area contributed by atoms with E-state index < -0.39 is 0 Å². The van der Waals surface area contributed by atoms with Gasteiger partial charge in [0.1, 0.15) is 5.82 Å². The zero-order valence-corrected chi connectivity index (χ0v) is 15.2. The Morgan fingerprint density at radius 2 is 2.04 bits per heavy atom. The van der Waals surface area contributed by atoms with E-state index in [-0.39, 0.29) is 12.0 Å². The van der Waals surface area contributed by atoms with Crippen molar-refractivity contribution < 1.29 is 14.6 Å². The predicted octanol–water partition coefficient (Wildman–Crippen LogP) is 0.584. The van der Waals surface area contributed by atoms with Crippen molar-refractivity contribution in [1.29, 1.82) is 0 Å². The van der Waals surface area contributed by atoms with Crippen LogP contribution >= 0.6 is 0 Å². The third-order valence-electron chi connectivity index (χ3n) is 5.52. The number of likely N-dealkylation sites (tertiary alicyclic amines) is 1. The zero-order chi connectivity index (χ0) is 18.1. The van der Waals surface area contributed by atoms with Gasteiger partial charge in [-0.2, -0.15) is 4.98 Å². The average Bonchev–Trinajstić information content (AvgIpc) is 3.14. The fourth-order valence-electron chi connectivity index (χ4n) is 3.81. The normalized spacial score (nSPS) is 24.6. The Hall–Kier alpha value is -1.93. The number of piperidine rings is 1. The van der Waals surface area contributed by atoms with Gasteiger partial charge in [0.05, 0.1) is 18.4 Å². The molecule has 2 N–H and O–H groups in total. The second kappa shape index (κ2) is 7.36. The van der Waals surface area contributed by atoms with Crippen molar-refractivity contribution in [3.8, 4) is 0 Å². The molecule has 0 spiro atoms. The molecule has 1 amide bonds. The van der Waals surface area contributed by atoms with Crippen molar-refractivity contribution in [2.45, 2.75) is 44.2 Å². The minimum atomic E-state index is -0.288. The molecule has 3 aliphatic rings. The maximum atomic E-state index is 11.5. The van der Waals surface area contributed by atoms with Crippen molar-refractivity contribution >= 4 is 17.7 Å². The third-order valence-corrected chi connectivity index (χ3v) is 5.52. The van der Waals surface area contributed by atoms with Crippen LogP contribution in [0.5, 0.6) is 0 Å². The van der Waals surface area contributed by atoms with E-state index in [1.807, 2.05) is 15.9 Å². The summed E-state index contributed by atoms with van der Waals surface area (Å²) in [5.74, 6) is 1.97. The number of rotatable bonds is 4. The van der Waals surface area contributed by atoms with Gasteiger partial charge in [0.2, 0.25) is 11.9 Å². The molecular formula is C18H27N5O3. The number of aliphatic hydroxyl groups excluding tert-OH is 1. The van der Waals surface area contributed by atoms with E-state index in [4.69, 9.17) is 9.72 Å². The Morgan fingerprint density at radius 3 is 2.65 bits per heavy atom. The molecule has 4 rings (SSSR count). The van der Waals surface area contributed by atoms with Crippen molar-refractivity contribution in [1.82, 2.24) is 14.9 Å². The van der Waals surface area contributed by atoms with Gasteiger partial charge in [0.25, 0.3) is 0 Å². The van der Waals surface area contributed by atoms with Crippen LogP contribution in [0.4, 0.5) is 11.8 Å². The lowest BCUT2D eigenvalue weighted by Crippen LogP contribution is -2.51. The first kappa shape index (κ1) is 17.5. The quantitative estimate of drug-likeness (QED) is 0.811. The van der Waals surface area contributed by atoms with Crippen LogP contribution in [0, 0.1) is 0 Å². The lowest BCUT2D eigenvalue weighted by atomic mass is 10.0. The molecule has 0 aliphatic carbocycles. The summed E-state index contributed by atoms with van der Waals surface area (Å²) in [7, 11) is 0. The fourth-order valence-corrected chi connectivity index (χ4v) is 3.81. The molecule has 1 atom stereocenters. The highest BCUT2D eigenvalue weighted by Gasteiger charge is 2.29. The fraction of sp³-hybridized carbons (Fsp3) is 0.722. The summed E-state index contributed by atoms with van der Waals surface area (Å²) in [6.45, 7) is 5.84. The van der Waals surface area contributed by atoms with Crippen LogP contribution in [0.1, 0.15) is 37.8 Å². The van der Waals surface area contributed by atoms with Crippen molar-refractivity contribution in [3.05, 3.63) is 11.8 Å². The van der Waals surface area contributed by atoms with Crippen LogP contribution in [0.25, 0.3) is 0 Å². The van der Waals surface area contributed by atoms with Crippen LogP contribution in [-0.2, 0) is 9.53 Å². The Bertz CT molecular complexity index is 650. The van der Waals surface area contributed by atoms with Gasteiger partial charge in [-0.1, -0.05) is 0 Å². The molecule has 3 fully saturated rings. The van der Waals surface area contributed by atoms with Crippen molar-refractivity contribution in [3.63, 3.8) is 0 Å². The van der Waals surface area contributed by atoms with Gasteiger partial charge in [-0.15, -0.1) is 0 Å². The van der Waals surface area contributed by atoms with Crippen LogP contribution in [0.15, 0.2) is 6.07 Å². The van der Waals surface area contributed by atoms with E-state index in [1.54, 1.807) is 6.92 Å². The second-order valence-electron chi connectivity index (χ2n) is 7.52. The molecule has 142 valence electrons. The number of aliphatic hydroxyl groups is 1. The van der Waals surface area contributed by atoms with E-state index in [2.05, 4.69) is 10.3 Å². The molecule has 0 radical (unpaired) electrons. The van der Waals surface area contributed by atoms with Gasteiger partial charge < -0.3 is 25.0 Å². The van der Waals surface area contributed by atoms with E-state index >= 15 is 0 Å². The number of carbonyl (C=O) groups is 1. The number of carbonyl (C=O) groups excluding carboxylic acids is 1. The third kappa shape index (κ3) is 3.76. The average molecular weight is 361 g/mol. The van der Waals surface area contributed by atoms with E-state index in [9.17, 15) is 9.90 Å². The summed E-state index contributed by atoms with van der Waals surface area (Å²) in [4.78, 5) is 24.8. The summed E-state index contributed by atoms with van der Waals surface area (Å²) < 4.78 is 5.52. The van der Waals surface area contributed by atoms with Gasteiger partial charge in [-0.05, 0) is 19.3 Å². The number of hydrogen-bond acceptors (Lipinski definition) is 7. The van der Waals surface area contributed by atoms with Crippen molar-refractivity contribution in [2.75, 3.05) is 49.6 Å². The monoisotopic (exact) mass is 361 g/mol. The lowest BCUT2D eigenvalue weighted by molar-refractivity contribution is -0.129. The number of anilines is 2. The molecule has 1 aromatic heterocycles. The Labute approximate surface area is 153 Å². The number of nitrogens with zero attached hydrogens (tertiary/aromatic N) is 4. The first-order valence-corrected chi connectivity index (χ1v) is 9.50. The SMILES string of the molecule is CC(=O)N1CCC(Nc2cc([C@@H]3CCOC3)nc(N3CC(O)C3)n2)CC1. The number of ether oxygens (including phenoxy) is 1. The minimum absolute atomic E-state index is 0.146. The van der Waals surface area contributed by atoms with Gasteiger partial charge >= 0.3 is 0 Å². The highest BCUT2D eigenvalue weighted by Crippen LogP contribution is 2.29. The Balaban J connectivity index is 1.48. The van der Waals surface area contributed by atoms with Gasteiger partial charge in [0.15, 0.2) is 0 Å². The van der Waals surface area contributed by atoms with Crippen LogP contribution in [-0.4, -0.2) is 77.4 Å². The summed E-state index contributed by atoms with van der Waals surface area (Å²) >= 11 is 0. The van der Waals surface area contributed by atoms with E-state index in [0.29, 0.717) is 37.6 Å². The summed E-state index contributed by atoms with van der Waals surface area (Å²) in [6.07, 6.45) is 2.53. The number of aromatic nitrogens is 2. The lowest BCUT2D eigenvalue weighted by Gasteiger charge is -2.36. The number of nitrogens with one attached hydrogen (secondary N) is 1. The molecule has 0 aromatic carbocycles. The maximum absolute atomic E-state index is 11.5. The summed E-state index contributed by atoms with van der Waals surface area (Å²) in [6, 6.07) is 2.35. The first-order valence-electron chi connectivity index (χ1n) is 9.50. The van der Waals surface area contributed by atoms with Gasteiger partial charge in [0, 0.05) is 57.7 Å². The molecule has 8 nitrogen and oxygen atoms in total.